The highest BCUT2D eigenvalue weighted by molar-refractivity contribution is 9.09. The third-order valence-corrected chi connectivity index (χ3v) is 5.99. The van der Waals surface area contributed by atoms with Crippen LogP contribution in [0.1, 0.15) is 26.2 Å². The Kier molecular flexibility index (Phi) is 15.6. The smallest absolute Gasteiger partial charge is 0.351 e. The highest BCUT2D eigenvalue weighted by Crippen LogP contribution is 2.14. The van der Waals surface area contributed by atoms with Gasteiger partial charge in [-0.2, -0.15) is 0 Å². The van der Waals surface area contributed by atoms with Gasteiger partial charge in [-0.1, -0.05) is 47.8 Å². The Morgan fingerprint density at radius 2 is 1.05 bits per heavy atom. The van der Waals surface area contributed by atoms with E-state index in [0.29, 0.717) is 26.4 Å². The molecule has 0 atom stereocenters. The van der Waals surface area contributed by atoms with Gasteiger partial charge in [0.2, 0.25) is 0 Å². The van der Waals surface area contributed by atoms with Crippen LogP contribution in [0, 0.1) is 0 Å². The van der Waals surface area contributed by atoms with Crippen LogP contribution < -0.4 is 0 Å². The molecule has 0 N–H and O–H groups in total. The molecule has 0 heterocycles. The van der Waals surface area contributed by atoms with Gasteiger partial charge in [-0.15, -0.1) is 0 Å². The van der Waals surface area contributed by atoms with Crippen LogP contribution in [0.5, 0.6) is 0 Å². The predicted octanol–water partition coefficient (Wildman–Crippen LogP) is 3.86. The molecule has 0 saturated carbocycles. The van der Waals surface area contributed by atoms with Gasteiger partial charge in [0, 0.05) is 42.4 Å². The first-order valence-electron chi connectivity index (χ1n) is 6.48. The molecule has 0 aromatic carbocycles. The van der Waals surface area contributed by atoms with Crippen LogP contribution in [0.25, 0.3) is 0 Å². The fourth-order valence-electron chi connectivity index (χ4n) is 1.18. The summed E-state index contributed by atoms with van der Waals surface area (Å²) in [5.41, 5.74) is 0. The number of alkyl halides is 3. The minimum absolute atomic E-state index is 0.531. The molecule has 0 aliphatic rings. The lowest BCUT2D eigenvalue weighted by atomic mass is 10.5. The average molecular weight is 487 g/mol. The minimum Gasteiger partial charge on any atom is -0.351 e. The zero-order chi connectivity index (χ0) is 14.4. The zero-order valence-corrected chi connectivity index (χ0v) is 17.1. The summed E-state index contributed by atoms with van der Waals surface area (Å²) in [4.78, 5) is 0. The van der Waals surface area contributed by atoms with Crippen molar-refractivity contribution in [1.82, 2.24) is 0 Å². The Labute approximate surface area is 142 Å². The molecule has 0 amide bonds. The summed E-state index contributed by atoms with van der Waals surface area (Å²) in [5.74, 6) is 0. The van der Waals surface area contributed by atoms with Crippen molar-refractivity contribution in [2.24, 2.45) is 0 Å². The largest absolute Gasteiger partial charge is 0.679 e. The van der Waals surface area contributed by atoms with Gasteiger partial charge in [0.25, 0.3) is 0 Å². The standard InChI is InChI=1S/C11H23Br3O4Si/c1-2-15-19(16-9-3-6-12,17-10-4-7-13)18-11-5-8-14/h2-11H2,1H3. The van der Waals surface area contributed by atoms with Gasteiger partial charge >= 0.3 is 9.05 Å². The molecule has 0 fully saturated rings. The van der Waals surface area contributed by atoms with Gasteiger partial charge < -0.3 is 17.7 Å². The third kappa shape index (κ3) is 10.8. The second-order valence-electron chi connectivity index (χ2n) is 3.61. The second kappa shape index (κ2) is 14.4. The van der Waals surface area contributed by atoms with Crippen LogP contribution in [0.3, 0.4) is 0 Å². The molecule has 0 rings (SSSR count). The molecule has 4 nitrogen and oxygen atoms in total. The number of hydrogen-bond donors (Lipinski definition) is 0. The molecular formula is C11H23Br3O4Si. The first-order chi connectivity index (χ1) is 9.24. The monoisotopic (exact) mass is 484 g/mol. The van der Waals surface area contributed by atoms with E-state index in [9.17, 15) is 0 Å². The van der Waals surface area contributed by atoms with Crippen molar-refractivity contribution < 1.29 is 17.7 Å². The van der Waals surface area contributed by atoms with Crippen LogP contribution in [0.4, 0.5) is 0 Å². The average Bonchev–Trinajstić information content (AvgIpc) is 2.40. The first kappa shape index (κ1) is 20.5. The van der Waals surface area contributed by atoms with Crippen molar-refractivity contribution in [3.05, 3.63) is 0 Å². The summed E-state index contributed by atoms with van der Waals surface area (Å²) in [7, 11) is -2.97. The Balaban J connectivity index is 4.37. The van der Waals surface area contributed by atoms with Crippen molar-refractivity contribution in [2.45, 2.75) is 26.2 Å². The number of hydrogen-bond acceptors (Lipinski definition) is 4. The van der Waals surface area contributed by atoms with Gasteiger partial charge in [-0.3, -0.25) is 0 Å². The SMILES string of the molecule is CCO[Si](OCCCBr)(OCCCBr)OCCCBr. The summed E-state index contributed by atoms with van der Waals surface area (Å²) < 4.78 is 23.1. The molecule has 0 radical (unpaired) electrons. The fraction of sp³-hybridized carbons (Fsp3) is 1.00. The van der Waals surface area contributed by atoms with Crippen LogP contribution in [0.2, 0.25) is 0 Å². The lowest BCUT2D eigenvalue weighted by Gasteiger charge is -2.27. The van der Waals surface area contributed by atoms with E-state index in [-0.39, 0.29) is 0 Å². The van der Waals surface area contributed by atoms with E-state index >= 15 is 0 Å². The lowest BCUT2D eigenvalue weighted by molar-refractivity contribution is -0.0317. The van der Waals surface area contributed by atoms with E-state index < -0.39 is 9.05 Å². The molecule has 0 aliphatic carbocycles. The predicted molar refractivity (Wildman–Crippen MR) is 90.5 cm³/mol. The maximum atomic E-state index is 5.82. The van der Waals surface area contributed by atoms with E-state index in [4.69, 9.17) is 17.7 Å². The van der Waals surface area contributed by atoms with Crippen LogP contribution in [0.15, 0.2) is 0 Å². The topological polar surface area (TPSA) is 36.9 Å². The molecule has 8 heteroatoms. The van der Waals surface area contributed by atoms with E-state index in [1.165, 1.54) is 0 Å². The lowest BCUT2D eigenvalue weighted by Crippen LogP contribution is -2.50. The van der Waals surface area contributed by atoms with Gasteiger partial charge in [0.1, 0.15) is 0 Å². The van der Waals surface area contributed by atoms with Crippen molar-refractivity contribution in [3.8, 4) is 0 Å². The molecule has 0 saturated heterocycles. The van der Waals surface area contributed by atoms with E-state index in [1.54, 1.807) is 0 Å². The molecule has 0 unspecified atom stereocenters. The zero-order valence-electron chi connectivity index (χ0n) is 11.3. The fourth-order valence-corrected chi connectivity index (χ4v) is 3.91. The van der Waals surface area contributed by atoms with Crippen molar-refractivity contribution in [2.75, 3.05) is 42.4 Å². The Bertz CT molecular complexity index is 174. The Hall–Kier alpha value is 1.50. The summed E-state index contributed by atoms with van der Waals surface area (Å²) in [6.07, 6.45) is 2.72. The maximum Gasteiger partial charge on any atom is 0.679 e. The van der Waals surface area contributed by atoms with Crippen molar-refractivity contribution >= 4 is 56.8 Å². The quantitative estimate of drug-likeness (QED) is 0.212. The van der Waals surface area contributed by atoms with Crippen LogP contribution in [-0.2, 0) is 17.7 Å². The summed E-state index contributed by atoms with van der Waals surface area (Å²) in [6, 6.07) is 0. The summed E-state index contributed by atoms with van der Waals surface area (Å²) >= 11 is 10.2. The van der Waals surface area contributed by atoms with Crippen LogP contribution in [-0.4, -0.2) is 51.5 Å². The molecule has 0 aliphatic heterocycles. The number of rotatable bonds is 14. The number of halogens is 3. The highest BCUT2D eigenvalue weighted by atomic mass is 79.9. The summed E-state index contributed by atoms with van der Waals surface area (Å²) in [6.45, 7) is 4.21. The highest BCUT2D eigenvalue weighted by Gasteiger charge is 2.45. The van der Waals surface area contributed by atoms with Gasteiger partial charge in [-0.25, -0.2) is 0 Å². The summed E-state index contributed by atoms with van der Waals surface area (Å²) in [5, 5.41) is 2.69. The molecule has 116 valence electrons. The normalized spacial score (nSPS) is 12.0. The molecule has 0 aromatic heterocycles. The Morgan fingerprint density at radius 3 is 1.32 bits per heavy atom. The first-order valence-corrected chi connectivity index (χ1v) is 11.5. The molecule has 0 bridgehead atoms. The second-order valence-corrected chi connectivity index (χ2v) is 8.14. The third-order valence-electron chi connectivity index (χ3n) is 1.99. The molecule has 0 aromatic rings. The molecular weight excluding hydrogens is 464 g/mol. The van der Waals surface area contributed by atoms with Crippen molar-refractivity contribution in [3.63, 3.8) is 0 Å². The van der Waals surface area contributed by atoms with Gasteiger partial charge in [0.05, 0.1) is 0 Å². The Morgan fingerprint density at radius 1 is 0.684 bits per heavy atom. The molecule has 0 spiro atoms. The maximum absolute atomic E-state index is 5.82. The van der Waals surface area contributed by atoms with Gasteiger partial charge in [-0.05, 0) is 26.2 Å². The van der Waals surface area contributed by atoms with E-state index in [2.05, 4.69) is 47.8 Å². The van der Waals surface area contributed by atoms with Gasteiger partial charge in [0.15, 0.2) is 0 Å². The van der Waals surface area contributed by atoms with Crippen molar-refractivity contribution in [1.29, 1.82) is 0 Å². The van der Waals surface area contributed by atoms with Crippen LogP contribution >= 0.6 is 47.8 Å². The minimum atomic E-state index is -2.97. The van der Waals surface area contributed by atoms with E-state index in [1.807, 2.05) is 6.92 Å². The molecule has 19 heavy (non-hydrogen) atoms. The van der Waals surface area contributed by atoms with E-state index in [0.717, 1.165) is 35.3 Å².